The molecule has 0 bridgehead atoms. The van der Waals surface area contributed by atoms with Gasteiger partial charge in [0.1, 0.15) is 5.75 Å². The van der Waals surface area contributed by atoms with Crippen molar-refractivity contribution >= 4 is 0 Å². The van der Waals surface area contributed by atoms with Crippen molar-refractivity contribution in [2.24, 2.45) is 0 Å². The predicted molar refractivity (Wildman–Crippen MR) is 79.7 cm³/mol. The molecule has 2 aromatic rings. The largest absolute Gasteiger partial charge is 0.494 e. The first-order chi connectivity index (χ1) is 9.79. The molecule has 0 aliphatic rings. The zero-order chi connectivity index (χ0) is 14.2. The molecule has 3 heteroatoms. The van der Waals surface area contributed by atoms with Gasteiger partial charge in [0.05, 0.1) is 12.7 Å². The van der Waals surface area contributed by atoms with Crippen LogP contribution in [0.25, 0.3) is 0 Å². The highest BCUT2D eigenvalue weighted by molar-refractivity contribution is 5.29. The lowest BCUT2D eigenvalue weighted by atomic mass is 10.0. The van der Waals surface area contributed by atoms with E-state index in [1.165, 1.54) is 0 Å². The summed E-state index contributed by atoms with van der Waals surface area (Å²) in [4.78, 5) is 4.23. The van der Waals surface area contributed by atoms with Crippen LogP contribution in [-0.4, -0.2) is 16.7 Å². The lowest BCUT2D eigenvalue weighted by molar-refractivity contribution is 0.177. The Morgan fingerprint density at radius 3 is 2.60 bits per heavy atom. The van der Waals surface area contributed by atoms with Crippen molar-refractivity contribution in [3.63, 3.8) is 0 Å². The van der Waals surface area contributed by atoms with Gasteiger partial charge in [-0.15, -0.1) is 0 Å². The summed E-state index contributed by atoms with van der Waals surface area (Å²) >= 11 is 0. The first-order valence-corrected chi connectivity index (χ1v) is 7.10. The van der Waals surface area contributed by atoms with Crippen LogP contribution in [0, 0.1) is 0 Å². The minimum Gasteiger partial charge on any atom is -0.494 e. The Morgan fingerprint density at radius 2 is 1.95 bits per heavy atom. The molecule has 0 spiro atoms. The maximum absolute atomic E-state index is 10.2. The molecule has 0 amide bonds. The molecule has 1 unspecified atom stereocenters. The van der Waals surface area contributed by atoms with Gasteiger partial charge in [-0.2, -0.15) is 0 Å². The molecular weight excluding hydrogens is 250 g/mol. The van der Waals surface area contributed by atoms with Crippen molar-refractivity contribution in [1.29, 1.82) is 0 Å². The lowest BCUT2D eigenvalue weighted by Gasteiger charge is -2.11. The normalized spacial score (nSPS) is 12.1. The Balaban J connectivity index is 1.92. The SMILES string of the molecule is CCCCOc1ccc(C(O)Cc2ccccn2)cc1. The number of aliphatic hydroxyl groups is 1. The van der Waals surface area contributed by atoms with E-state index in [9.17, 15) is 5.11 Å². The van der Waals surface area contributed by atoms with Crippen LogP contribution in [0.3, 0.4) is 0 Å². The summed E-state index contributed by atoms with van der Waals surface area (Å²) in [6, 6.07) is 13.4. The number of rotatable bonds is 7. The molecule has 0 saturated carbocycles. The van der Waals surface area contributed by atoms with E-state index < -0.39 is 6.10 Å². The second kappa shape index (κ2) is 7.65. The Labute approximate surface area is 120 Å². The van der Waals surface area contributed by atoms with Crippen molar-refractivity contribution in [2.45, 2.75) is 32.3 Å². The topological polar surface area (TPSA) is 42.4 Å². The summed E-state index contributed by atoms with van der Waals surface area (Å²) in [5, 5.41) is 10.2. The maximum Gasteiger partial charge on any atom is 0.119 e. The quantitative estimate of drug-likeness (QED) is 0.783. The van der Waals surface area contributed by atoms with Crippen molar-refractivity contribution in [3.05, 3.63) is 59.9 Å². The van der Waals surface area contributed by atoms with Crippen LogP contribution in [0.1, 0.15) is 37.1 Å². The fourth-order valence-corrected chi connectivity index (χ4v) is 1.96. The van der Waals surface area contributed by atoms with Gasteiger partial charge in [0, 0.05) is 18.3 Å². The Morgan fingerprint density at radius 1 is 1.15 bits per heavy atom. The number of nitrogens with zero attached hydrogens (tertiary/aromatic N) is 1. The summed E-state index contributed by atoms with van der Waals surface area (Å²) in [5.74, 6) is 0.854. The molecule has 20 heavy (non-hydrogen) atoms. The molecule has 1 aromatic heterocycles. The molecular formula is C17H21NO2. The second-order valence-electron chi connectivity index (χ2n) is 4.81. The zero-order valence-corrected chi connectivity index (χ0v) is 11.8. The van der Waals surface area contributed by atoms with Crippen LogP contribution in [0.15, 0.2) is 48.7 Å². The van der Waals surface area contributed by atoms with Gasteiger partial charge in [0.2, 0.25) is 0 Å². The number of unbranched alkanes of at least 4 members (excludes halogenated alkanes) is 1. The van der Waals surface area contributed by atoms with E-state index in [4.69, 9.17) is 4.74 Å². The number of hydrogen-bond donors (Lipinski definition) is 1. The predicted octanol–water partition coefficient (Wildman–Crippen LogP) is 3.54. The molecule has 1 atom stereocenters. The van der Waals surface area contributed by atoms with E-state index in [0.717, 1.165) is 36.5 Å². The fraction of sp³-hybridized carbons (Fsp3) is 0.353. The summed E-state index contributed by atoms with van der Waals surface area (Å²) in [6.45, 7) is 2.88. The minimum atomic E-state index is -0.533. The van der Waals surface area contributed by atoms with E-state index in [0.29, 0.717) is 6.42 Å². The molecule has 1 N–H and O–H groups in total. The first kappa shape index (κ1) is 14.5. The smallest absolute Gasteiger partial charge is 0.119 e. The van der Waals surface area contributed by atoms with Crippen LogP contribution in [0.4, 0.5) is 0 Å². The van der Waals surface area contributed by atoms with Crippen LogP contribution in [0.2, 0.25) is 0 Å². The van der Waals surface area contributed by atoms with E-state index in [1.54, 1.807) is 6.20 Å². The number of aromatic nitrogens is 1. The molecule has 0 aliphatic carbocycles. The van der Waals surface area contributed by atoms with Crippen LogP contribution in [0.5, 0.6) is 5.75 Å². The molecule has 0 aliphatic heterocycles. The number of pyridine rings is 1. The summed E-state index contributed by atoms with van der Waals surface area (Å²) in [7, 11) is 0. The third-order valence-corrected chi connectivity index (χ3v) is 3.16. The first-order valence-electron chi connectivity index (χ1n) is 7.10. The van der Waals surface area contributed by atoms with Gasteiger partial charge >= 0.3 is 0 Å². The fourth-order valence-electron chi connectivity index (χ4n) is 1.96. The standard InChI is InChI=1S/C17H21NO2/c1-2-3-12-20-16-9-7-14(8-10-16)17(19)13-15-6-4-5-11-18-15/h4-11,17,19H,2-3,12-13H2,1H3. The van der Waals surface area contributed by atoms with Gasteiger partial charge in [-0.05, 0) is 36.2 Å². The van der Waals surface area contributed by atoms with Gasteiger partial charge in [0.15, 0.2) is 0 Å². The molecule has 0 radical (unpaired) electrons. The van der Waals surface area contributed by atoms with Crippen molar-refractivity contribution < 1.29 is 9.84 Å². The molecule has 0 fully saturated rings. The molecule has 2 rings (SSSR count). The molecule has 3 nitrogen and oxygen atoms in total. The lowest BCUT2D eigenvalue weighted by Crippen LogP contribution is -2.03. The monoisotopic (exact) mass is 271 g/mol. The Kier molecular flexibility index (Phi) is 5.56. The van der Waals surface area contributed by atoms with E-state index >= 15 is 0 Å². The van der Waals surface area contributed by atoms with Gasteiger partial charge in [0.25, 0.3) is 0 Å². The molecule has 106 valence electrons. The second-order valence-corrected chi connectivity index (χ2v) is 4.81. The molecule has 0 saturated heterocycles. The van der Waals surface area contributed by atoms with Crippen molar-refractivity contribution in [1.82, 2.24) is 4.98 Å². The van der Waals surface area contributed by atoms with Gasteiger partial charge in [-0.3, -0.25) is 4.98 Å². The van der Waals surface area contributed by atoms with Gasteiger partial charge in [-0.1, -0.05) is 31.5 Å². The van der Waals surface area contributed by atoms with Crippen LogP contribution >= 0.6 is 0 Å². The number of hydrogen-bond acceptors (Lipinski definition) is 3. The number of benzene rings is 1. The highest BCUT2D eigenvalue weighted by Gasteiger charge is 2.09. The Bertz CT molecular complexity index is 496. The summed E-state index contributed by atoms with van der Waals surface area (Å²) in [5.41, 5.74) is 1.78. The molecule has 1 aromatic carbocycles. The summed E-state index contributed by atoms with van der Waals surface area (Å²) < 4.78 is 5.61. The van der Waals surface area contributed by atoms with Gasteiger partial charge in [-0.25, -0.2) is 0 Å². The van der Waals surface area contributed by atoms with E-state index in [1.807, 2.05) is 42.5 Å². The Hall–Kier alpha value is -1.87. The average molecular weight is 271 g/mol. The highest BCUT2D eigenvalue weighted by Crippen LogP contribution is 2.20. The van der Waals surface area contributed by atoms with Crippen LogP contribution < -0.4 is 4.74 Å². The van der Waals surface area contributed by atoms with E-state index in [-0.39, 0.29) is 0 Å². The van der Waals surface area contributed by atoms with Crippen LogP contribution in [-0.2, 0) is 6.42 Å². The zero-order valence-electron chi connectivity index (χ0n) is 11.8. The minimum absolute atomic E-state index is 0.525. The van der Waals surface area contributed by atoms with Gasteiger partial charge < -0.3 is 9.84 Å². The van der Waals surface area contributed by atoms with Crippen molar-refractivity contribution in [2.75, 3.05) is 6.61 Å². The third-order valence-electron chi connectivity index (χ3n) is 3.16. The summed E-state index contributed by atoms with van der Waals surface area (Å²) in [6.07, 6.45) is 3.92. The van der Waals surface area contributed by atoms with E-state index in [2.05, 4.69) is 11.9 Å². The maximum atomic E-state index is 10.2. The number of ether oxygens (including phenoxy) is 1. The average Bonchev–Trinajstić information content (AvgIpc) is 2.49. The van der Waals surface area contributed by atoms with Crippen molar-refractivity contribution in [3.8, 4) is 5.75 Å². The molecule has 1 heterocycles. The highest BCUT2D eigenvalue weighted by atomic mass is 16.5. The number of aliphatic hydroxyl groups excluding tert-OH is 1. The third kappa shape index (κ3) is 4.35.